The summed E-state index contributed by atoms with van der Waals surface area (Å²) >= 11 is 0. The number of rotatable bonds is 3. The number of sulfone groups is 1. The maximum absolute atomic E-state index is 12.7. The van der Waals surface area contributed by atoms with Gasteiger partial charge >= 0.3 is 0 Å². The van der Waals surface area contributed by atoms with Crippen LogP contribution in [0.5, 0.6) is 0 Å². The predicted molar refractivity (Wildman–Crippen MR) is 94.8 cm³/mol. The van der Waals surface area contributed by atoms with E-state index in [2.05, 4.69) is 10.3 Å². The van der Waals surface area contributed by atoms with Crippen LogP contribution >= 0.6 is 0 Å². The molecule has 2 amide bonds. The van der Waals surface area contributed by atoms with Crippen molar-refractivity contribution in [2.75, 3.05) is 26.4 Å². The Balaban J connectivity index is 1.72. The van der Waals surface area contributed by atoms with Gasteiger partial charge in [-0.1, -0.05) is 0 Å². The Morgan fingerprint density at radius 3 is 2.42 bits per heavy atom. The summed E-state index contributed by atoms with van der Waals surface area (Å²) in [5, 5.41) is 2.55. The largest absolute Gasteiger partial charge is 0.354 e. The van der Waals surface area contributed by atoms with Gasteiger partial charge in [0.25, 0.3) is 11.8 Å². The Kier molecular flexibility index (Phi) is 4.82. The molecule has 0 atom stereocenters. The van der Waals surface area contributed by atoms with Crippen molar-refractivity contribution in [2.45, 2.75) is 17.9 Å². The zero-order valence-electron chi connectivity index (χ0n) is 14.6. The van der Waals surface area contributed by atoms with E-state index >= 15 is 0 Å². The van der Waals surface area contributed by atoms with Gasteiger partial charge in [-0.2, -0.15) is 0 Å². The molecule has 26 heavy (non-hydrogen) atoms. The number of benzene rings is 1. The summed E-state index contributed by atoms with van der Waals surface area (Å²) in [6, 6.07) is 5.96. The molecule has 0 unspecified atom stereocenters. The summed E-state index contributed by atoms with van der Waals surface area (Å²) in [7, 11) is -1.73. The summed E-state index contributed by atoms with van der Waals surface area (Å²) in [4.78, 5) is 30.6. The van der Waals surface area contributed by atoms with Crippen molar-refractivity contribution in [2.24, 2.45) is 0 Å². The maximum Gasteiger partial charge on any atom is 0.271 e. The van der Waals surface area contributed by atoms with E-state index in [1.165, 1.54) is 24.3 Å². The van der Waals surface area contributed by atoms with Crippen LogP contribution in [0.1, 0.15) is 26.7 Å². The van der Waals surface area contributed by atoms with Gasteiger partial charge in [-0.05, 0) is 24.3 Å². The van der Waals surface area contributed by atoms with Gasteiger partial charge in [0, 0.05) is 51.1 Å². The van der Waals surface area contributed by atoms with Crippen LogP contribution < -0.4 is 5.32 Å². The highest BCUT2D eigenvalue weighted by molar-refractivity contribution is 7.90. The summed E-state index contributed by atoms with van der Waals surface area (Å²) in [6.07, 6.45) is 3.38. The van der Waals surface area contributed by atoms with E-state index in [-0.39, 0.29) is 16.7 Å². The van der Waals surface area contributed by atoms with Crippen LogP contribution in [-0.2, 0) is 22.8 Å². The molecule has 1 aliphatic rings. The molecule has 0 spiro atoms. The monoisotopic (exact) mass is 376 g/mol. The summed E-state index contributed by atoms with van der Waals surface area (Å²) in [5.74, 6) is 0.387. The molecule has 1 N–H and O–H groups in total. The third-order valence-corrected chi connectivity index (χ3v) is 5.48. The van der Waals surface area contributed by atoms with Crippen molar-refractivity contribution in [1.82, 2.24) is 19.8 Å². The van der Waals surface area contributed by atoms with Gasteiger partial charge in [0.15, 0.2) is 9.84 Å². The van der Waals surface area contributed by atoms with Crippen LogP contribution in [0.15, 0.2) is 35.4 Å². The molecule has 0 bridgehead atoms. The molecule has 9 heteroatoms. The topological polar surface area (TPSA) is 101 Å². The lowest BCUT2D eigenvalue weighted by atomic mass is 10.2. The molecule has 2 heterocycles. The number of hydrogen-bond acceptors (Lipinski definition) is 5. The first-order valence-corrected chi connectivity index (χ1v) is 10.1. The molecule has 2 aromatic rings. The van der Waals surface area contributed by atoms with E-state index in [1.54, 1.807) is 18.1 Å². The Morgan fingerprint density at radius 1 is 1.12 bits per heavy atom. The van der Waals surface area contributed by atoms with Crippen LogP contribution in [0.25, 0.3) is 0 Å². The highest BCUT2D eigenvalue weighted by atomic mass is 32.2. The van der Waals surface area contributed by atoms with E-state index in [0.717, 1.165) is 12.1 Å². The minimum absolute atomic E-state index is 0.151. The minimum Gasteiger partial charge on any atom is -0.354 e. The lowest BCUT2D eigenvalue weighted by Crippen LogP contribution is -2.33. The predicted octanol–water partition coefficient (Wildman–Crippen LogP) is 0.345. The lowest BCUT2D eigenvalue weighted by Gasteiger charge is -2.20. The fourth-order valence-electron chi connectivity index (χ4n) is 2.89. The molecule has 3 rings (SSSR count). The minimum atomic E-state index is -3.29. The van der Waals surface area contributed by atoms with Crippen molar-refractivity contribution < 1.29 is 18.0 Å². The van der Waals surface area contributed by atoms with Gasteiger partial charge in [-0.3, -0.25) is 9.59 Å². The SMILES string of the molecule is CNC(=O)c1cn2c(n1)CCN(C(=O)c1ccc(S(C)(=O)=O)cc1)CC2. The first-order chi connectivity index (χ1) is 12.3. The van der Waals surface area contributed by atoms with Crippen LogP contribution in [0.2, 0.25) is 0 Å². The summed E-state index contributed by atoms with van der Waals surface area (Å²) in [5.41, 5.74) is 0.821. The molecule has 0 fully saturated rings. The number of nitrogens with one attached hydrogen (secondary N) is 1. The Bertz CT molecular complexity index is 922. The van der Waals surface area contributed by atoms with Crippen LogP contribution in [-0.4, -0.2) is 61.1 Å². The summed E-state index contributed by atoms with van der Waals surface area (Å²) < 4.78 is 24.9. The fraction of sp³-hybridized carbons (Fsp3) is 0.353. The number of nitrogens with zero attached hydrogens (tertiary/aromatic N) is 3. The third-order valence-electron chi connectivity index (χ3n) is 4.35. The average Bonchev–Trinajstić information content (AvgIpc) is 2.93. The number of fused-ring (bicyclic) bond motifs is 1. The molecule has 8 nitrogen and oxygen atoms in total. The first-order valence-electron chi connectivity index (χ1n) is 8.17. The molecule has 1 aliphatic heterocycles. The van der Waals surface area contributed by atoms with Crippen molar-refractivity contribution in [1.29, 1.82) is 0 Å². The van der Waals surface area contributed by atoms with Crippen molar-refractivity contribution in [3.05, 3.63) is 47.5 Å². The number of carbonyl (C=O) groups is 2. The molecule has 0 radical (unpaired) electrons. The molecule has 0 saturated heterocycles. The normalized spacial score (nSPS) is 14.5. The van der Waals surface area contributed by atoms with Crippen LogP contribution in [0.3, 0.4) is 0 Å². The molecule has 138 valence electrons. The van der Waals surface area contributed by atoms with Gasteiger partial charge in [-0.25, -0.2) is 13.4 Å². The van der Waals surface area contributed by atoms with Crippen molar-refractivity contribution in [3.8, 4) is 0 Å². The first kappa shape index (κ1) is 18.1. The highest BCUT2D eigenvalue weighted by Gasteiger charge is 2.22. The number of imidazole rings is 1. The number of amides is 2. The molecule has 1 aromatic heterocycles. The van der Waals surface area contributed by atoms with E-state index in [4.69, 9.17) is 0 Å². The molecule has 0 aliphatic carbocycles. The third kappa shape index (κ3) is 3.62. The number of carbonyl (C=O) groups excluding carboxylic acids is 2. The lowest BCUT2D eigenvalue weighted by molar-refractivity contribution is 0.0758. The smallest absolute Gasteiger partial charge is 0.271 e. The standard InChI is InChI=1S/C17H20N4O4S/c1-18-16(22)14-11-21-10-9-20(8-7-15(21)19-14)17(23)12-3-5-13(6-4-12)26(2,24)25/h3-6,11H,7-10H2,1-2H3,(H,18,22). The second-order valence-electron chi connectivity index (χ2n) is 6.15. The van der Waals surface area contributed by atoms with E-state index in [1.807, 2.05) is 4.57 Å². The van der Waals surface area contributed by atoms with Crippen molar-refractivity contribution >= 4 is 21.7 Å². The van der Waals surface area contributed by atoms with Crippen LogP contribution in [0, 0.1) is 0 Å². The van der Waals surface area contributed by atoms with Gasteiger partial charge in [0.05, 0.1) is 4.90 Å². The highest BCUT2D eigenvalue weighted by Crippen LogP contribution is 2.15. The zero-order chi connectivity index (χ0) is 18.9. The maximum atomic E-state index is 12.7. The van der Waals surface area contributed by atoms with E-state index < -0.39 is 9.84 Å². The van der Waals surface area contributed by atoms with Gasteiger partial charge in [-0.15, -0.1) is 0 Å². The number of hydrogen-bond donors (Lipinski definition) is 1. The van der Waals surface area contributed by atoms with Gasteiger partial charge in [0.1, 0.15) is 11.5 Å². The van der Waals surface area contributed by atoms with E-state index in [0.29, 0.717) is 37.3 Å². The molecular formula is C17H20N4O4S. The second-order valence-corrected chi connectivity index (χ2v) is 8.17. The van der Waals surface area contributed by atoms with Gasteiger partial charge in [0.2, 0.25) is 0 Å². The molecular weight excluding hydrogens is 356 g/mol. The Hall–Kier alpha value is -2.68. The fourth-order valence-corrected chi connectivity index (χ4v) is 3.52. The Morgan fingerprint density at radius 2 is 1.81 bits per heavy atom. The summed E-state index contributed by atoms with van der Waals surface area (Å²) in [6.45, 7) is 1.52. The quantitative estimate of drug-likeness (QED) is 0.833. The molecule has 0 saturated carbocycles. The van der Waals surface area contributed by atoms with Crippen molar-refractivity contribution in [3.63, 3.8) is 0 Å². The second kappa shape index (κ2) is 6.91. The average molecular weight is 376 g/mol. The number of aromatic nitrogens is 2. The van der Waals surface area contributed by atoms with Gasteiger partial charge < -0.3 is 14.8 Å². The molecule has 1 aromatic carbocycles. The zero-order valence-corrected chi connectivity index (χ0v) is 15.4. The Labute approximate surface area is 151 Å². The van der Waals surface area contributed by atoms with Crippen LogP contribution in [0.4, 0.5) is 0 Å². The van der Waals surface area contributed by atoms with E-state index in [9.17, 15) is 18.0 Å².